The molecule has 2 amide bonds. The minimum Gasteiger partial charge on any atom is -0.459 e. The lowest BCUT2D eigenvalue weighted by Crippen LogP contribution is -2.34. The fraction of sp³-hybridized carbons (Fsp3) is 0.438. The van der Waals surface area contributed by atoms with E-state index in [9.17, 15) is 9.59 Å². The molecule has 0 aliphatic carbocycles. The molecular formula is C16H22N4O3. The number of carbonyl (C=O) groups is 2. The molecule has 0 spiro atoms. The minimum atomic E-state index is -0.286. The average molecular weight is 318 g/mol. The summed E-state index contributed by atoms with van der Waals surface area (Å²) in [6, 6.07) is 3.24. The summed E-state index contributed by atoms with van der Waals surface area (Å²) in [7, 11) is 1.90. The first-order chi connectivity index (χ1) is 11.0. The molecule has 0 fully saturated rings. The second-order valence-corrected chi connectivity index (χ2v) is 5.36. The standard InChI is InChI=1S/C16H22N4O3/c1-11-13(12(2)20(3)19-11)6-7-15(21)17-8-9-18-16(22)14-5-4-10-23-14/h4-5,10H,6-9H2,1-3H3,(H,17,21)(H,18,22). The van der Waals surface area contributed by atoms with Crippen LogP contribution in [-0.4, -0.2) is 34.7 Å². The average Bonchev–Trinajstić information content (AvgIpc) is 3.12. The van der Waals surface area contributed by atoms with Crippen molar-refractivity contribution in [2.45, 2.75) is 26.7 Å². The van der Waals surface area contributed by atoms with Crippen molar-refractivity contribution in [3.63, 3.8) is 0 Å². The number of nitrogens with one attached hydrogen (secondary N) is 2. The highest BCUT2D eigenvalue weighted by Gasteiger charge is 2.11. The van der Waals surface area contributed by atoms with Crippen LogP contribution in [0, 0.1) is 13.8 Å². The molecule has 0 saturated carbocycles. The van der Waals surface area contributed by atoms with Crippen molar-refractivity contribution in [1.29, 1.82) is 0 Å². The van der Waals surface area contributed by atoms with Crippen LogP contribution in [0.3, 0.4) is 0 Å². The Hall–Kier alpha value is -2.57. The molecule has 2 rings (SSSR count). The highest BCUT2D eigenvalue weighted by molar-refractivity contribution is 5.91. The van der Waals surface area contributed by atoms with Crippen LogP contribution < -0.4 is 10.6 Å². The predicted molar refractivity (Wildman–Crippen MR) is 85.1 cm³/mol. The molecule has 0 unspecified atom stereocenters. The van der Waals surface area contributed by atoms with Gasteiger partial charge in [0.05, 0.1) is 12.0 Å². The Bertz CT molecular complexity index is 674. The van der Waals surface area contributed by atoms with Crippen LogP contribution in [0.2, 0.25) is 0 Å². The lowest BCUT2D eigenvalue weighted by Gasteiger charge is -2.06. The van der Waals surface area contributed by atoms with E-state index in [1.165, 1.54) is 6.26 Å². The molecule has 0 atom stereocenters. The van der Waals surface area contributed by atoms with E-state index in [1.54, 1.807) is 12.1 Å². The molecule has 0 radical (unpaired) electrons. The Labute approximate surface area is 135 Å². The SMILES string of the molecule is Cc1nn(C)c(C)c1CCC(=O)NCCNC(=O)c1ccco1. The normalized spacial score (nSPS) is 10.6. The van der Waals surface area contributed by atoms with Gasteiger partial charge in [-0.05, 0) is 38.0 Å². The first-order valence-electron chi connectivity index (χ1n) is 7.56. The number of hydrogen-bond acceptors (Lipinski definition) is 4. The van der Waals surface area contributed by atoms with E-state index in [0.29, 0.717) is 25.9 Å². The largest absolute Gasteiger partial charge is 0.459 e. The van der Waals surface area contributed by atoms with Crippen LogP contribution in [0.15, 0.2) is 22.8 Å². The zero-order valence-electron chi connectivity index (χ0n) is 13.7. The van der Waals surface area contributed by atoms with Gasteiger partial charge in [-0.15, -0.1) is 0 Å². The number of carbonyl (C=O) groups excluding carboxylic acids is 2. The molecule has 0 aromatic carbocycles. The van der Waals surface area contributed by atoms with Gasteiger partial charge in [0.15, 0.2) is 5.76 Å². The van der Waals surface area contributed by atoms with E-state index in [1.807, 2.05) is 25.6 Å². The molecule has 124 valence electrons. The van der Waals surface area contributed by atoms with Crippen molar-refractivity contribution in [1.82, 2.24) is 20.4 Å². The maximum absolute atomic E-state index is 11.8. The molecule has 2 aromatic rings. The predicted octanol–water partition coefficient (Wildman–Crippen LogP) is 1.11. The summed E-state index contributed by atoms with van der Waals surface area (Å²) in [6.45, 7) is 4.69. The molecule has 0 aliphatic rings. The van der Waals surface area contributed by atoms with Crippen molar-refractivity contribution in [3.05, 3.63) is 41.1 Å². The number of amides is 2. The summed E-state index contributed by atoms with van der Waals surface area (Å²) >= 11 is 0. The Balaban J connectivity index is 1.66. The molecule has 7 heteroatoms. The highest BCUT2D eigenvalue weighted by Crippen LogP contribution is 2.13. The Morgan fingerprint density at radius 1 is 1.26 bits per heavy atom. The van der Waals surface area contributed by atoms with Crippen LogP contribution in [-0.2, 0) is 18.3 Å². The maximum Gasteiger partial charge on any atom is 0.287 e. The molecule has 7 nitrogen and oxygen atoms in total. The minimum absolute atomic E-state index is 0.0418. The quantitative estimate of drug-likeness (QED) is 0.748. The van der Waals surface area contributed by atoms with Crippen LogP contribution in [0.1, 0.15) is 33.9 Å². The van der Waals surface area contributed by atoms with Crippen molar-refractivity contribution < 1.29 is 14.0 Å². The smallest absolute Gasteiger partial charge is 0.287 e. The molecule has 0 aliphatic heterocycles. The second kappa shape index (κ2) is 7.62. The van der Waals surface area contributed by atoms with Crippen molar-refractivity contribution in [2.24, 2.45) is 7.05 Å². The van der Waals surface area contributed by atoms with Gasteiger partial charge in [0.25, 0.3) is 5.91 Å². The van der Waals surface area contributed by atoms with Gasteiger partial charge in [-0.2, -0.15) is 5.10 Å². The van der Waals surface area contributed by atoms with Gasteiger partial charge in [0, 0.05) is 32.3 Å². The number of rotatable bonds is 7. The van der Waals surface area contributed by atoms with Gasteiger partial charge >= 0.3 is 0 Å². The van der Waals surface area contributed by atoms with Gasteiger partial charge in [0.1, 0.15) is 0 Å². The molecule has 2 N–H and O–H groups in total. The monoisotopic (exact) mass is 318 g/mol. The topological polar surface area (TPSA) is 89.2 Å². The maximum atomic E-state index is 11.8. The molecular weight excluding hydrogens is 296 g/mol. The number of aromatic nitrogens is 2. The summed E-state index contributed by atoms with van der Waals surface area (Å²) in [6.07, 6.45) is 2.51. The summed E-state index contributed by atoms with van der Waals surface area (Å²) in [5.41, 5.74) is 3.17. The highest BCUT2D eigenvalue weighted by atomic mass is 16.3. The Morgan fingerprint density at radius 2 is 2.00 bits per heavy atom. The van der Waals surface area contributed by atoms with Crippen LogP contribution in [0.4, 0.5) is 0 Å². The number of nitrogens with zero attached hydrogens (tertiary/aromatic N) is 2. The van der Waals surface area contributed by atoms with E-state index in [2.05, 4.69) is 15.7 Å². The third kappa shape index (κ3) is 4.45. The lowest BCUT2D eigenvalue weighted by atomic mass is 10.1. The zero-order valence-corrected chi connectivity index (χ0v) is 13.7. The van der Waals surface area contributed by atoms with Gasteiger partial charge in [-0.3, -0.25) is 14.3 Å². The second-order valence-electron chi connectivity index (χ2n) is 5.36. The summed E-state index contributed by atoms with van der Waals surface area (Å²) in [5.74, 6) is -0.0652. The van der Waals surface area contributed by atoms with E-state index in [4.69, 9.17) is 4.42 Å². The van der Waals surface area contributed by atoms with Crippen molar-refractivity contribution >= 4 is 11.8 Å². The van der Waals surface area contributed by atoms with Crippen molar-refractivity contribution in [3.8, 4) is 0 Å². The molecule has 23 heavy (non-hydrogen) atoms. The third-order valence-corrected chi connectivity index (χ3v) is 3.74. The fourth-order valence-electron chi connectivity index (χ4n) is 2.38. The Morgan fingerprint density at radius 3 is 2.61 bits per heavy atom. The zero-order chi connectivity index (χ0) is 16.8. The molecule has 0 bridgehead atoms. The molecule has 0 saturated heterocycles. The summed E-state index contributed by atoms with van der Waals surface area (Å²) < 4.78 is 6.80. The van der Waals surface area contributed by atoms with Crippen LogP contribution in [0.25, 0.3) is 0 Å². The van der Waals surface area contributed by atoms with Crippen LogP contribution >= 0.6 is 0 Å². The Kier molecular flexibility index (Phi) is 5.56. The van der Waals surface area contributed by atoms with Crippen LogP contribution in [0.5, 0.6) is 0 Å². The van der Waals surface area contributed by atoms with E-state index >= 15 is 0 Å². The number of aryl methyl sites for hydroxylation is 2. The van der Waals surface area contributed by atoms with E-state index in [-0.39, 0.29) is 17.6 Å². The van der Waals surface area contributed by atoms with Gasteiger partial charge < -0.3 is 15.1 Å². The van der Waals surface area contributed by atoms with E-state index in [0.717, 1.165) is 17.0 Å². The van der Waals surface area contributed by atoms with E-state index < -0.39 is 0 Å². The number of furan rings is 1. The molecule has 2 heterocycles. The number of hydrogen-bond donors (Lipinski definition) is 2. The van der Waals surface area contributed by atoms with Gasteiger partial charge in [-0.25, -0.2) is 0 Å². The van der Waals surface area contributed by atoms with Gasteiger partial charge in [0.2, 0.25) is 5.91 Å². The van der Waals surface area contributed by atoms with Crippen molar-refractivity contribution in [2.75, 3.05) is 13.1 Å². The first-order valence-corrected chi connectivity index (χ1v) is 7.56. The first kappa shape index (κ1) is 16.8. The third-order valence-electron chi connectivity index (χ3n) is 3.74. The molecule has 2 aromatic heterocycles. The summed E-state index contributed by atoms with van der Waals surface area (Å²) in [5, 5.41) is 9.80. The summed E-state index contributed by atoms with van der Waals surface area (Å²) in [4.78, 5) is 23.5. The fourth-order valence-corrected chi connectivity index (χ4v) is 2.38. The van der Waals surface area contributed by atoms with Gasteiger partial charge in [-0.1, -0.05) is 0 Å². The lowest BCUT2D eigenvalue weighted by molar-refractivity contribution is -0.121.